The number of aromatic nitrogens is 3. The van der Waals surface area contributed by atoms with Crippen LogP contribution in [0.2, 0.25) is 0 Å². The molecule has 2 aromatic heterocycles. The molecule has 3 N–H and O–H groups in total. The van der Waals surface area contributed by atoms with Crippen LogP contribution < -0.4 is 20.7 Å². The van der Waals surface area contributed by atoms with E-state index in [-0.39, 0.29) is 11.9 Å². The summed E-state index contributed by atoms with van der Waals surface area (Å²) in [4.78, 5) is 18.8. The number of hydrogen-bond acceptors (Lipinski definition) is 7. The zero-order valence-electron chi connectivity index (χ0n) is 18.0. The predicted octanol–water partition coefficient (Wildman–Crippen LogP) is 2.70. The molecule has 4 rings (SSSR count). The van der Waals surface area contributed by atoms with Crippen molar-refractivity contribution < 1.29 is 9.53 Å². The summed E-state index contributed by atoms with van der Waals surface area (Å²) in [5.41, 5.74) is 2.80. The van der Waals surface area contributed by atoms with Crippen LogP contribution in [0.25, 0.3) is 11.3 Å². The van der Waals surface area contributed by atoms with E-state index in [9.17, 15) is 4.79 Å². The summed E-state index contributed by atoms with van der Waals surface area (Å²) in [6.45, 7) is 7.39. The van der Waals surface area contributed by atoms with Crippen molar-refractivity contribution in [3.05, 3.63) is 48.7 Å². The first-order valence-corrected chi connectivity index (χ1v) is 10.3. The van der Waals surface area contributed by atoms with Crippen molar-refractivity contribution in [3.8, 4) is 5.75 Å². The van der Waals surface area contributed by atoms with Crippen molar-refractivity contribution in [2.45, 2.75) is 19.4 Å². The van der Waals surface area contributed by atoms with E-state index in [1.807, 2.05) is 44.3 Å². The number of carbonyl (C=O) groups is 1. The van der Waals surface area contributed by atoms with Gasteiger partial charge in [0.15, 0.2) is 5.65 Å². The van der Waals surface area contributed by atoms with Gasteiger partial charge in [-0.15, -0.1) is 0 Å². The van der Waals surface area contributed by atoms with Gasteiger partial charge in [0.05, 0.1) is 24.1 Å². The summed E-state index contributed by atoms with van der Waals surface area (Å²) in [6, 6.07) is 9.31. The molecule has 0 bridgehead atoms. The van der Waals surface area contributed by atoms with Crippen molar-refractivity contribution in [2.24, 2.45) is 0 Å². The Morgan fingerprint density at radius 1 is 1.35 bits per heavy atom. The number of fused-ring (bicyclic) bond motifs is 1. The lowest BCUT2D eigenvalue weighted by Gasteiger charge is -2.16. The number of hydrogen-bond donors (Lipinski definition) is 3. The van der Waals surface area contributed by atoms with Crippen LogP contribution in [-0.2, 0) is 4.79 Å². The fourth-order valence-corrected chi connectivity index (χ4v) is 3.65. The molecule has 9 heteroatoms. The van der Waals surface area contributed by atoms with Crippen LogP contribution >= 0.6 is 0 Å². The van der Waals surface area contributed by atoms with Gasteiger partial charge in [-0.1, -0.05) is 18.7 Å². The minimum Gasteiger partial charge on any atom is -0.492 e. The highest BCUT2D eigenvalue weighted by Crippen LogP contribution is 2.29. The molecule has 1 atom stereocenters. The number of benzene rings is 1. The summed E-state index contributed by atoms with van der Waals surface area (Å²) < 4.78 is 7.42. The van der Waals surface area contributed by atoms with E-state index in [1.54, 1.807) is 22.7 Å². The van der Waals surface area contributed by atoms with Gasteiger partial charge in [-0.3, -0.25) is 4.79 Å². The van der Waals surface area contributed by atoms with Crippen LogP contribution in [0.5, 0.6) is 5.75 Å². The van der Waals surface area contributed by atoms with Crippen molar-refractivity contribution in [3.63, 3.8) is 0 Å². The molecule has 9 nitrogen and oxygen atoms in total. The van der Waals surface area contributed by atoms with Crippen LogP contribution in [-0.4, -0.2) is 58.7 Å². The van der Waals surface area contributed by atoms with Gasteiger partial charge in [-0.05, 0) is 25.5 Å². The third kappa shape index (κ3) is 3.98. The van der Waals surface area contributed by atoms with Gasteiger partial charge in [0.1, 0.15) is 23.4 Å². The van der Waals surface area contributed by atoms with Crippen LogP contribution in [0.4, 0.5) is 17.3 Å². The second-order valence-corrected chi connectivity index (χ2v) is 7.35. The number of para-hydroxylation sites is 2. The zero-order chi connectivity index (χ0) is 22.0. The van der Waals surface area contributed by atoms with E-state index in [2.05, 4.69) is 27.6 Å². The topological polar surface area (TPSA) is 95.8 Å². The van der Waals surface area contributed by atoms with Gasteiger partial charge in [-0.2, -0.15) is 9.61 Å². The summed E-state index contributed by atoms with van der Waals surface area (Å²) in [7, 11) is 3.63. The third-order valence-corrected chi connectivity index (χ3v) is 5.28. The van der Waals surface area contributed by atoms with Gasteiger partial charge in [0.2, 0.25) is 5.91 Å². The first kappa shape index (κ1) is 20.5. The second kappa shape index (κ2) is 8.55. The van der Waals surface area contributed by atoms with Crippen LogP contribution in [0.3, 0.4) is 0 Å². The molecule has 1 aromatic carbocycles. The number of amides is 1. The maximum atomic E-state index is 12.3. The summed E-state index contributed by atoms with van der Waals surface area (Å²) >= 11 is 0. The molecule has 3 aromatic rings. The Morgan fingerprint density at radius 3 is 2.87 bits per heavy atom. The zero-order valence-corrected chi connectivity index (χ0v) is 18.0. The summed E-state index contributed by atoms with van der Waals surface area (Å²) in [5, 5.41) is 14.2. The molecule has 0 spiro atoms. The average molecular weight is 422 g/mol. The van der Waals surface area contributed by atoms with E-state index in [1.165, 1.54) is 0 Å². The SMILES string of the molecule is C=C(NC1CCN(C)C1=O)c1cnn2c(NC)cc(Nc3ccccc3OCC)nc12. The Balaban J connectivity index is 1.66. The maximum Gasteiger partial charge on any atom is 0.244 e. The Kier molecular flexibility index (Phi) is 5.66. The molecule has 0 aliphatic carbocycles. The van der Waals surface area contributed by atoms with Gasteiger partial charge in [0, 0.05) is 32.4 Å². The lowest BCUT2D eigenvalue weighted by molar-refractivity contribution is -0.128. The van der Waals surface area contributed by atoms with Gasteiger partial charge in [-0.25, -0.2) is 4.98 Å². The molecule has 1 aliphatic heterocycles. The number of nitrogens with zero attached hydrogens (tertiary/aromatic N) is 4. The van der Waals surface area contributed by atoms with Crippen molar-refractivity contribution in [1.29, 1.82) is 0 Å². The number of carbonyl (C=O) groups excluding carboxylic acids is 1. The molecule has 1 fully saturated rings. The van der Waals surface area contributed by atoms with E-state index in [0.717, 1.165) is 35.8 Å². The molecule has 1 amide bonds. The molecule has 162 valence electrons. The molecule has 1 saturated heterocycles. The molecule has 3 heterocycles. The first-order valence-electron chi connectivity index (χ1n) is 10.3. The Morgan fingerprint density at radius 2 is 2.16 bits per heavy atom. The highest BCUT2D eigenvalue weighted by molar-refractivity contribution is 5.86. The quantitative estimate of drug-likeness (QED) is 0.515. The third-order valence-electron chi connectivity index (χ3n) is 5.28. The molecule has 31 heavy (non-hydrogen) atoms. The highest BCUT2D eigenvalue weighted by atomic mass is 16.5. The number of likely N-dealkylation sites (N-methyl/N-ethyl adjacent to an activating group) is 1. The Hall–Kier alpha value is -3.75. The molecule has 0 saturated carbocycles. The minimum absolute atomic E-state index is 0.0661. The van der Waals surface area contributed by atoms with Gasteiger partial charge >= 0.3 is 0 Å². The highest BCUT2D eigenvalue weighted by Gasteiger charge is 2.29. The van der Waals surface area contributed by atoms with Crippen molar-refractivity contribution in [2.75, 3.05) is 37.9 Å². The van der Waals surface area contributed by atoms with Crippen molar-refractivity contribution >= 4 is 34.6 Å². The summed E-state index contributed by atoms with van der Waals surface area (Å²) in [6.07, 6.45) is 2.45. The number of anilines is 3. The maximum absolute atomic E-state index is 12.3. The normalized spacial score (nSPS) is 15.9. The predicted molar refractivity (Wildman–Crippen MR) is 122 cm³/mol. The van der Waals surface area contributed by atoms with Crippen LogP contribution in [0.15, 0.2) is 43.1 Å². The van der Waals surface area contributed by atoms with Gasteiger partial charge in [0.25, 0.3) is 0 Å². The van der Waals surface area contributed by atoms with Gasteiger partial charge < -0.3 is 25.6 Å². The largest absolute Gasteiger partial charge is 0.492 e. The fraction of sp³-hybridized carbons (Fsp3) is 0.318. The first-order chi connectivity index (χ1) is 15.0. The van der Waals surface area contributed by atoms with Crippen molar-refractivity contribution in [1.82, 2.24) is 24.8 Å². The number of ether oxygens (including phenoxy) is 1. The van der Waals surface area contributed by atoms with Crippen LogP contribution in [0.1, 0.15) is 18.9 Å². The minimum atomic E-state index is -0.282. The Labute approximate surface area is 181 Å². The standard InChI is InChI=1S/C22H27N7O2/c1-5-31-18-9-7-6-8-16(18)26-19-12-20(23-3)29-21(27-19)15(13-24-29)14(2)25-17-10-11-28(4)22(17)30/h6-9,12-13,17,23,25H,2,5,10-11H2,1,3-4H3,(H,26,27). The van der Waals surface area contributed by atoms with E-state index in [0.29, 0.717) is 23.8 Å². The summed E-state index contributed by atoms with van der Waals surface area (Å²) in [5.74, 6) is 2.21. The average Bonchev–Trinajstić information content (AvgIpc) is 3.33. The lowest BCUT2D eigenvalue weighted by atomic mass is 10.2. The number of nitrogens with one attached hydrogen (secondary N) is 3. The molecule has 1 unspecified atom stereocenters. The smallest absolute Gasteiger partial charge is 0.244 e. The number of rotatable bonds is 8. The van der Waals surface area contributed by atoms with Crippen LogP contribution in [0, 0.1) is 0 Å². The molecular weight excluding hydrogens is 394 g/mol. The van der Waals surface area contributed by atoms with E-state index < -0.39 is 0 Å². The number of likely N-dealkylation sites (tertiary alicyclic amines) is 1. The Bertz CT molecular complexity index is 1120. The second-order valence-electron chi connectivity index (χ2n) is 7.35. The monoisotopic (exact) mass is 421 g/mol. The van der Waals surface area contributed by atoms with E-state index >= 15 is 0 Å². The fourth-order valence-electron chi connectivity index (χ4n) is 3.65. The van der Waals surface area contributed by atoms with E-state index in [4.69, 9.17) is 9.72 Å². The molecule has 1 aliphatic rings. The lowest BCUT2D eigenvalue weighted by Crippen LogP contribution is -2.35. The molecule has 0 radical (unpaired) electrons. The molecular formula is C22H27N7O2.